The summed E-state index contributed by atoms with van der Waals surface area (Å²) in [6, 6.07) is 9.81. The standard InChI is InChI=1S/C18H25NO4/c1-5-22-15(20)11-18(14-9-7-6-8-10-14)12-19(13-18)16(21)23-17(2,3)4/h6-10H,5,11-13H2,1-4H3. The van der Waals surface area contributed by atoms with Crippen molar-refractivity contribution in [3.05, 3.63) is 35.9 Å². The molecule has 1 aromatic carbocycles. The zero-order chi connectivity index (χ0) is 17.1. The molecule has 5 nitrogen and oxygen atoms in total. The van der Waals surface area contributed by atoms with E-state index in [-0.39, 0.29) is 23.9 Å². The summed E-state index contributed by atoms with van der Waals surface area (Å²) < 4.78 is 10.5. The number of carbonyl (C=O) groups is 2. The molecule has 2 rings (SSSR count). The number of ether oxygens (including phenoxy) is 2. The van der Waals surface area contributed by atoms with Gasteiger partial charge in [0.05, 0.1) is 13.0 Å². The molecule has 1 aromatic rings. The number of hydrogen-bond acceptors (Lipinski definition) is 4. The second kappa shape index (κ2) is 6.60. The van der Waals surface area contributed by atoms with E-state index in [1.165, 1.54) is 0 Å². The molecule has 0 N–H and O–H groups in total. The molecular formula is C18H25NO4. The molecule has 1 aliphatic rings. The van der Waals surface area contributed by atoms with Gasteiger partial charge in [-0.3, -0.25) is 4.79 Å². The Labute approximate surface area is 137 Å². The Balaban J connectivity index is 2.10. The molecular weight excluding hydrogens is 294 g/mol. The zero-order valence-corrected chi connectivity index (χ0v) is 14.3. The molecule has 23 heavy (non-hydrogen) atoms. The van der Waals surface area contributed by atoms with Crippen LogP contribution in [0, 0.1) is 0 Å². The van der Waals surface area contributed by atoms with Crippen LogP contribution in [0.4, 0.5) is 4.79 Å². The topological polar surface area (TPSA) is 55.8 Å². The highest BCUT2D eigenvalue weighted by Crippen LogP contribution is 2.38. The third kappa shape index (κ3) is 4.24. The van der Waals surface area contributed by atoms with E-state index in [2.05, 4.69) is 0 Å². The van der Waals surface area contributed by atoms with E-state index in [4.69, 9.17) is 9.47 Å². The molecule has 1 heterocycles. The molecule has 1 aliphatic heterocycles. The first-order valence-electron chi connectivity index (χ1n) is 7.95. The number of hydrogen-bond donors (Lipinski definition) is 0. The van der Waals surface area contributed by atoms with Gasteiger partial charge in [0.1, 0.15) is 5.60 Å². The Bertz CT molecular complexity index is 556. The highest BCUT2D eigenvalue weighted by atomic mass is 16.6. The predicted octanol–water partition coefficient (Wildman–Crippen LogP) is 3.13. The van der Waals surface area contributed by atoms with Crippen molar-refractivity contribution < 1.29 is 19.1 Å². The minimum absolute atomic E-state index is 0.236. The van der Waals surface area contributed by atoms with E-state index in [0.717, 1.165) is 5.56 Å². The van der Waals surface area contributed by atoms with Gasteiger partial charge < -0.3 is 14.4 Å². The van der Waals surface area contributed by atoms with Gasteiger partial charge in [0.2, 0.25) is 0 Å². The molecule has 0 aliphatic carbocycles. The van der Waals surface area contributed by atoms with Crippen LogP contribution in [0.15, 0.2) is 30.3 Å². The van der Waals surface area contributed by atoms with Crippen molar-refractivity contribution >= 4 is 12.1 Å². The molecule has 1 saturated heterocycles. The quantitative estimate of drug-likeness (QED) is 0.800. The minimum Gasteiger partial charge on any atom is -0.466 e. The van der Waals surface area contributed by atoms with Crippen molar-refractivity contribution in [2.24, 2.45) is 0 Å². The van der Waals surface area contributed by atoms with Crippen molar-refractivity contribution in [1.82, 2.24) is 4.90 Å². The highest BCUT2D eigenvalue weighted by Gasteiger charge is 2.49. The van der Waals surface area contributed by atoms with Crippen LogP contribution in [0.5, 0.6) is 0 Å². The van der Waals surface area contributed by atoms with Crippen LogP contribution in [0.2, 0.25) is 0 Å². The molecule has 0 spiro atoms. The van der Waals surface area contributed by atoms with E-state index in [9.17, 15) is 9.59 Å². The number of esters is 1. The van der Waals surface area contributed by atoms with Gasteiger partial charge in [0.15, 0.2) is 0 Å². The Morgan fingerprint density at radius 1 is 1.17 bits per heavy atom. The van der Waals surface area contributed by atoms with Crippen molar-refractivity contribution in [2.75, 3.05) is 19.7 Å². The molecule has 0 aromatic heterocycles. The van der Waals surface area contributed by atoms with Crippen LogP contribution < -0.4 is 0 Å². The molecule has 0 unspecified atom stereocenters. The smallest absolute Gasteiger partial charge is 0.410 e. The summed E-state index contributed by atoms with van der Waals surface area (Å²) in [5.41, 5.74) is 0.140. The fourth-order valence-electron chi connectivity index (χ4n) is 2.82. The second-order valence-electron chi connectivity index (χ2n) is 6.96. The lowest BCUT2D eigenvalue weighted by Crippen LogP contribution is -2.62. The number of nitrogens with zero attached hydrogens (tertiary/aromatic N) is 1. The van der Waals surface area contributed by atoms with Gasteiger partial charge in [-0.25, -0.2) is 4.79 Å². The predicted molar refractivity (Wildman–Crippen MR) is 87.2 cm³/mol. The summed E-state index contributed by atoms with van der Waals surface area (Å²) in [5, 5.41) is 0. The van der Waals surface area contributed by atoms with Crippen LogP contribution in [-0.2, 0) is 19.7 Å². The first-order chi connectivity index (χ1) is 10.8. The summed E-state index contributed by atoms with van der Waals surface area (Å²) in [7, 11) is 0. The van der Waals surface area contributed by atoms with Crippen molar-refractivity contribution in [3.63, 3.8) is 0 Å². The Kier molecular flexibility index (Phi) is 4.97. The third-order valence-electron chi connectivity index (χ3n) is 3.81. The van der Waals surface area contributed by atoms with Gasteiger partial charge in [-0.05, 0) is 33.3 Å². The van der Waals surface area contributed by atoms with Crippen LogP contribution >= 0.6 is 0 Å². The van der Waals surface area contributed by atoms with E-state index in [1.807, 2.05) is 51.1 Å². The summed E-state index contributed by atoms with van der Waals surface area (Å²) in [4.78, 5) is 25.8. The molecule has 0 bridgehead atoms. The Hall–Kier alpha value is -2.04. The second-order valence-corrected chi connectivity index (χ2v) is 6.96. The molecule has 5 heteroatoms. The van der Waals surface area contributed by atoms with Gasteiger partial charge in [-0.2, -0.15) is 0 Å². The largest absolute Gasteiger partial charge is 0.466 e. The van der Waals surface area contributed by atoms with Crippen molar-refractivity contribution in [3.8, 4) is 0 Å². The van der Waals surface area contributed by atoms with Crippen molar-refractivity contribution in [1.29, 1.82) is 0 Å². The van der Waals surface area contributed by atoms with Gasteiger partial charge >= 0.3 is 12.1 Å². The SMILES string of the molecule is CCOC(=O)CC1(c2ccccc2)CN(C(=O)OC(C)(C)C)C1. The molecule has 0 saturated carbocycles. The van der Waals surface area contributed by atoms with E-state index in [1.54, 1.807) is 11.8 Å². The molecule has 1 fully saturated rings. The van der Waals surface area contributed by atoms with Crippen LogP contribution in [0.25, 0.3) is 0 Å². The summed E-state index contributed by atoms with van der Waals surface area (Å²) in [6.07, 6.45) is -0.0719. The van der Waals surface area contributed by atoms with E-state index in [0.29, 0.717) is 19.7 Å². The molecule has 0 atom stereocenters. The number of benzene rings is 1. The molecule has 126 valence electrons. The van der Waals surface area contributed by atoms with Crippen LogP contribution in [0.3, 0.4) is 0 Å². The number of rotatable bonds is 4. The summed E-state index contributed by atoms with van der Waals surface area (Å²) in [6.45, 7) is 8.60. The van der Waals surface area contributed by atoms with E-state index < -0.39 is 5.60 Å². The average molecular weight is 319 g/mol. The maximum Gasteiger partial charge on any atom is 0.410 e. The number of carbonyl (C=O) groups excluding carboxylic acids is 2. The normalized spacial score (nSPS) is 16.4. The molecule has 0 radical (unpaired) electrons. The third-order valence-corrected chi connectivity index (χ3v) is 3.81. The zero-order valence-electron chi connectivity index (χ0n) is 14.3. The van der Waals surface area contributed by atoms with Gasteiger partial charge in [0.25, 0.3) is 0 Å². The lowest BCUT2D eigenvalue weighted by atomic mass is 9.71. The van der Waals surface area contributed by atoms with Crippen LogP contribution in [0.1, 0.15) is 39.7 Å². The van der Waals surface area contributed by atoms with E-state index >= 15 is 0 Å². The van der Waals surface area contributed by atoms with Gasteiger partial charge in [0, 0.05) is 18.5 Å². The monoisotopic (exact) mass is 319 g/mol. The maximum atomic E-state index is 12.2. The molecule has 1 amide bonds. The number of amides is 1. The lowest BCUT2D eigenvalue weighted by molar-refractivity contribution is -0.146. The first kappa shape index (κ1) is 17.3. The van der Waals surface area contributed by atoms with Crippen molar-refractivity contribution in [2.45, 2.75) is 45.1 Å². The summed E-state index contributed by atoms with van der Waals surface area (Å²) >= 11 is 0. The Morgan fingerprint density at radius 3 is 2.30 bits per heavy atom. The highest BCUT2D eigenvalue weighted by molar-refractivity contribution is 5.75. The Morgan fingerprint density at radius 2 is 1.78 bits per heavy atom. The minimum atomic E-state index is -0.525. The number of likely N-dealkylation sites (tertiary alicyclic amines) is 1. The van der Waals surface area contributed by atoms with Gasteiger partial charge in [-0.15, -0.1) is 0 Å². The van der Waals surface area contributed by atoms with Crippen LogP contribution in [-0.4, -0.2) is 42.3 Å². The first-order valence-corrected chi connectivity index (χ1v) is 7.95. The lowest BCUT2D eigenvalue weighted by Gasteiger charge is -2.49. The fraction of sp³-hybridized carbons (Fsp3) is 0.556. The maximum absolute atomic E-state index is 12.2. The fourth-order valence-corrected chi connectivity index (χ4v) is 2.82. The van der Waals surface area contributed by atoms with Gasteiger partial charge in [-0.1, -0.05) is 30.3 Å². The summed E-state index contributed by atoms with van der Waals surface area (Å²) in [5.74, 6) is -0.236. The average Bonchev–Trinajstić information content (AvgIpc) is 2.41.